The number of benzene rings is 2. The van der Waals surface area contributed by atoms with Crippen LogP contribution < -0.4 is 15.4 Å². The van der Waals surface area contributed by atoms with Crippen LogP contribution in [-0.2, 0) is 9.59 Å². The third-order valence-corrected chi connectivity index (χ3v) is 4.64. The lowest BCUT2D eigenvalue weighted by Crippen LogP contribution is -2.38. The highest BCUT2D eigenvalue weighted by atomic mass is 32.2. The molecule has 156 valence electrons. The Kier molecular flexibility index (Phi) is 8.88. The second kappa shape index (κ2) is 11.4. The number of hydrogen-bond donors (Lipinski definition) is 2. The summed E-state index contributed by atoms with van der Waals surface area (Å²) < 4.78 is 29.8. The summed E-state index contributed by atoms with van der Waals surface area (Å²) in [4.78, 5) is 26.6. The minimum Gasteiger partial charge on any atom is -0.497 e. The highest BCUT2D eigenvalue weighted by molar-refractivity contribution is 7.99. The number of anilines is 2. The molecule has 0 unspecified atom stereocenters. The largest absolute Gasteiger partial charge is 0.497 e. The zero-order chi connectivity index (χ0) is 21.2. The van der Waals surface area contributed by atoms with Gasteiger partial charge in [-0.3, -0.25) is 14.5 Å². The summed E-state index contributed by atoms with van der Waals surface area (Å²) in [7, 11) is 1.56. The summed E-state index contributed by atoms with van der Waals surface area (Å²) in [5.74, 6) is -2.33. The molecule has 9 heteroatoms. The van der Waals surface area contributed by atoms with Crippen molar-refractivity contribution in [2.75, 3.05) is 37.4 Å². The summed E-state index contributed by atoms with van der Waals surface area (Å²) in [6.07, 6.45) is 0. The Hall–Kier alpha value is -2.65. The maximum Gasteiger partial charge on any atom is 0.288 e. The minimum atomic E-state index is -2.49. The van der Waals surface area contributed by atoms with E-state index in [2.05, 4.69) is 10.6 Å². The number of rotatable bonds is 10. The first kappa shape index (κ1) is 22.6. The van der Waals surface area contributed by atoms with Crippen molar-refractivity contribution in [3.63, 3.8) is 0 Å². The molecule has 0 spiro atoms. The normalized spacial score (nSPS) is 10.8. The molecule has 2 rings (SSSR count). The number of carbonyl (C=O) groups excluding carboxylic acids is 2. The van der Waals surface area contributed by atoms with Gasteiger partial charge in [0.05, 0.1) is 20.2 Å². The first-order chi connectivity index (χ1) is 13.9. The molecule has 0 aromatic heterocycles. The Morgan fingerprint density at radius 3 is 1.86 bits per heavy atom. The van der Waals surface area contributed by atoms with Gasteiger partial charge >= 0.3 is 0 Å². The number of hydrogen-bond acceptors (Lipinski definition) is 5. The molecule has 2 aromatic carbocycles. The first-order valence-electron chi connectivity index (χ1n) is 8.90. The summed E-state index contributed by atoms with van der Waals surface area (Å²) in [6, 6.07) is 13.1. The predicted octanol–water partition coefficient (Wildman–Crippen LogP) is 3.91. The number of nitrogens with one attached hydrogen (secondary N) is 2. The highest BCUT2D eigenvalue weighted by Gasteiger charge is 2.14. The molecule has 2 amide bonds. The summed E-state index contributed by atoms with van der Waals surface area (Å²) in [5, 5.41) is 5.47. The number of amides is 2. The summed E-state index contributed by atoms with van der Waals surface area (Å²) in [6.45, 7) is 2.44. The molecular weight excluding hydrogens is 400 g/mol. The van der Waals surface area contributed by atoms with Crippen molar-refractivity contribution in [2.45, 2.75) is 17.6 Å². The van der Waals surface area contributed by atoms with Gasteiger partial charge < -0.3 is 15.4 Å². The standard InChI is InChI=1S/C20H23F2N3O3S/c1-3-25(12-18(26)23-14-4-8-16(28-2)9-5-14)13-19(27)24-15-6-10-17(11-7-15)29-20(21)22/h4-11,20H,3,12-13H2,1-2H3,(H,23,26)(H,24,27). The van der Waals surface area contributed by atoms with Crippen molar-refractivity contribution in [1.82, 2.24) is 4.90 Å². The fourth-order valence-electron chi connectivity index (χ4n) is 2.48. The van der Waals surface area contributed by atoms with Crippen molar-refractivity contribution in [3.8, 4) is 5.75 Å². The molecule has 2 N–H and O–H groups in total. The van der Waals surface area contributed by atoms with Crippen LogP contribution in [0.15, 0.2) is 53.4 Å². The second-order valence-corrected chi connectivity index (χ2v) is 7.09. The van der Waals surface area contributed by atoms with E-state index in [9.17, 15) is 18.4 Å². The van der Waals surface area contributed by atoms with E-state index >= 15 is 0 Å². The van der Waals surface area contributed by atoms with Gasteiger partial charge in [-0.15, -0.1) is 0 Å². The van der Waals surface area contributed by atoms with Gasteiger partial charge in [-0.05, 0) is 55.1 Å². The summed E-state index contributed by atoms with van der Waals surface area (Å²) >= 11 is 0.444. The Labute approximate surface area is 172 Å². The zero-order valence-electron chi connectivity index (χ0n) is 16.2. The molecule has 0 radical (unpaired) electrons. The molecule has 0 aliphatic rings. The van der Waals surface area contributed by atoms with Gasteiger partial charge in [-0.2, -0.15) is 8.78 Å². The maximum absolute atomic E-state index is 12.3. The van der Waals surface area contributed by atoms with Gasteiger partial charge in [0.15, 0.2) is 0 Å². The van der Waals surface area contributed by atoms with Crippen molar-refractivity contribution in [2.24, 2.45) is 0 Å². The van der Waals surface area contributed by atoms with E-state index in [1.165, 1.54) is 12.1 Å². The number of alkyl halides is 2. The Bertz CT molecular complexity index is 802. The third kappa shape index (κ3) is 8.08. The molecule has 0 saturated heterocycles. The van der Waals surface area contributed by atoms with Crippen molar-refractivity contribution in [1.29, 1.82) is 0 Å². The van der Waals surface area contributed by atoms with E-state index in [0.29, 0.717) is 40.3 Å². The number of methoxy groups -OCH3 is 1. The fourth-order valence-corrected chi connectivity index (χ4v) is 2.98. The number of carbonyl (C=O) groups is 2. The van der Waals surface area contributed by atoms with Crippen LogP contribution in [0.2, 0.25) is 0 Å². The van der Waals surface area contributed by atoms with Crippen LogP contribution in [0.25, 0.3) is 0 Å². The molecule has 0 heterocycles. The molecule has 6 nitrogen and oxygen atoms in total. The fraction of sp³-hybridized carbons (Fsp3) is 0.300. The third-order valence-electron chi connectivity index (χ3n) is 3.92. The molecule has 0 aliphatic heterocycles. The number of halogens is 2. The van der Waals surface area contributed by atoms with Crippen LogP contribution in [0.3, 0.4) is 0 Å². The van der Waals surface area contributed by atoms with E-state index in [1.54, 1.807) is 48.4 Å². The number of nitrogens with zero attached hydrogens (tertiary/aromatic N) is 1. The van der Waals surface area contributed by atoms with Gasteiger partial charge in [0, 0.05) is 16.3 Å². The van der Waals surface area contributed by atoms with Gasteiger partial charge in [0.2, 0.25) is 11.8 Å². The Morgan fingerprint density at radius 1 is 0.966 bits per heavy atom. The second-order valence-electron chi connectivity index (χ2n) is 6.03. The average molecular weight is 423 g/mol. The van der Waals surface area contributed by atoms with Crippen LogP contribution >= 0.6 is 11.8 Å². The molecule has 0 fully saturated rings. The smallest absolute Gasteiger partial charge is 0.288 e. The van der Waals surface area contributed by atoms with E-state index in [1.807, 2.05) is 6.92 Å². The van der Waals surface area contributed by atoms with E-state index in [4.69, 9.17) is 4.74 Å². The quantitative estimate of drug-likeness (QED) is 0.567. The average Bonchev–Trinajstić information content (AvgIpc) is 2.69. The molecule has 0 atom stereocenters. The van der Waals surface area contributed by atoms with Gasteiger partial charge in [0.1, 0.15) is 5.75 Å². The van der Waals surface area contributed by atoms with Crippen molar-refractivity contribution in [3.05, 3.63) is 48.5 Å². The molecular formula is C20H23F2N3O3S. The molecule has 0 bridgehead atoms. The van der Waals surface area contributed by atoms with Crippen LogP contribution in [-0.4, -0.2) is 49.2 Å². The monoisotopic (exact) mass is 423 g/mol. The lowest BCUT2D eigenvalue weighted by Gasteiger charge is -2.19. The van der Waals surface area contributed by atoms with Crippen LogP contribution in [0.5, 0.6) is 5.75 Å². The number of ether oxygens (including phenoxy) is 1. The van der Waals surface area contributed by atoms with Crippen molar-refractivity contribution < 1.29 is 23.1 Å². The number of likely N-dealkylation sites (N-methyl/N-ethyl adjacent to an activating group) is 1. The Morgan fingerprint density at radius 2 is 1.45 bits per heavy atom. The Balaban J connectivity index is 1.82. The lowest BCUT2D eigenvalue weighted by atomic mass is 10.3. The van der Waals surface area contributed by atoms with E-state index < -0.39 is 5.76 Å². The van der Waals surface area contributed by atoms with E-state index in [0.717, 1.165) is 0 Å². The lowest BCUT2D eigenvalue weighted by molar-refractivity contribution is -0.119. The molecule has 29 heavy (non-hydrogen) atoms. The first-order valence-corrected chi connectivity index (χ1v) is 9.78. The van der Waals surface area contributed by atoms with Gasteiger partial charge in [-0.25, -0.2) is 0 Å². The van der Waals surface area contributed by atoms with Gasteiger partial charge in [0.25, 0.3) is 5.76 Å². The van der Waals surface area contributed by atoms with Gasteiger partial charge in [-0.1, -0.05) is 18.7 Å². The van der Waals surface area contributed by atoms with Crippen LogP contribution in [0.1, 0.15) is 6.92 Å². The maximum atomic E-state index is 12.3. The van der Waals surface area contributed by atoms with Crippen molar-refractivity contribution >= 4 is 35.0 Å². The van der Waals surface area contributed by atoms with Crippen LogP contribution in [0.4, 0.5) is 20.2 Å². The predicted molar refractivity (Wildman–Crippen MR) is 111 cm³/mol. The molecule has 0 saturated carbocycles. The SMILES string of the molecule is CCN(CC(=O)Nc1ccc(OC)cc1)CC(=O)Nc1ccc(SC(F)F)cc1. The van der Waals surface area contributed by atoms with E-state index in [-0.39, 0.29) is 24.9 Å². The molecule has 0 aliphatic carbocycles. The summed E-state index contributed by atoms with van der Waals surface area (Å²) in [5.41, 5.74) is 1.14. The zero-order valence-corrected chi connectivity index (χ0v) is 17.0. The topological polar surface area (TPSA) is 70.7 Å². The molecule has 2 aromatic rings. The highest BCUT2D eigenvalue weighted by Crippen LogP contribution is 2.26. The van der Waals surface area contributed by atoms with Crippen LogP contribution in [0, 0.1) is 0 Å². The minimum absolute atomic E-state index is 0.0278. The number of thioether (sulfide) groups is 1.